The first-order valence-electron chi connectivity index (χ1n) is 7.68. The number of amides is 1. The third kappa shape index (κ3) is 3.15. The standard InChI is InChI=1S/C15H18F2N2O4S/c16-11-9-13(15(20)18-5-7-23-8-6-18)19(10-11)24(21,22)14-4-2-1-3-12(14)17/h1-4,11,13H,5-10H2/t11-,13-/m1/s1. The van der Waals surface area contributed by atoms with Crippen molar-refractivity contribution >= 4 is 15.9 Å². The maximum absolute atomic E-state index is 13.9. The van der Waals surface area contributed by atoms with Crippen LogP contribution in [0.4, 0.5) is 8.78 Å². The van der Waals surface area contributed by atoms with Gasteiger partial charge >= 0.3 is 0 Å². The van der Waals surface area contributed by atoms with Gasteiger partial charge < -0.3 is 9.64 Å². The van der Waals surface area contributed by atoms with Crippen LogP contribution in [0.3, 0.4) is 0 Å². The van der Waals surface area contributed by atoms with Gasteiger partial charge in [-0.05, 0) is 12.1 Å². The van der Waals surface area contributed by atoms with E-state index in [1.165, 1.54) is 17.0 Å². The Morgan fingerprint density at radius 3 is 2.54 bits per heavy atom. The fraction of sp³-hybridized carbons (Fsp3) is 0.533. The lowest BCUT2D eigenvalue weighted by Gasteiger charge is -2.32. The van der Waals surface area contributed by atoms with Crippen molar-refractivity contribution in [1.82, 2.24) is 9.21 Å². The number of sulfonamides is 1. The lowest BCUT2D eigenvalue weighted by atomic mass is 10.2. The quantitative estimate of drug-likeness (QED) is 0.799. The molecular weight excluding hydrogens is 342 g/mol. The summed E-state index contributed by atoms with van der Waals surface area (Å²) in [6.45, 7) is 0.937. The minimum atomic E-state index is -4.30. The summed E-state index contributed by atoms with van der Waals surface area (Å²) in [6, 6.07) is 3.74. The number of nitrogens with zero attached hydrogens (tertiary/aromatic N) is 2. The van der Waals surface area contributed by atoms with Crippen molar-refractivity contribution in [3.63, 3.8) is 0 Å². The highest BCUT2D eigenvalue weighted by Crippen LogP contribution is 2.30. The van der Waals surface area contributed by atoms with Gasteiger partial charge in [0.2, 0.25) is 15.9 Å². The second-order valence-electron chi connectivity index (χ2n) is 5.79. The molecule has 24 heavy (non-hydrogen) atoms. The van der Waals surface area contributed by atoms with E-state index in [2.05, 4.69) is 0 Å². The summed E-state index contributed by atoms with van der Waals surface area (Å²) in [6.07, 6.45) is -1.68. The molecule has 0 saturated carbocycles. The predicted octanol–water partition coefficient (Wildman–Crippen LogP) is 0.786. The molecule has 9 heteroatoms. The number of hydrogen-bond donors (Lipinski definition) is 0. The molecule has 2 fully saturated rings. The van der Waals surface area contributed by atoms with Gasteiger partial charge in [0.15, 0.2) is 0 Å². The number of carbonyl (C=O) groups excluding carboxylic acids is 1. The Morgan fingerprint density at radius 2 is 1.88 bits per heavy atom. The van der Waals surface area contributed by atoms with Crippen LogP contribution in [0, 0.1) is 5.82 Å². The number of benzene rings is 1. The fourth-order valence-electron chi connectivity index (χ4n) is 3.02. The predicted molar refractivity (Wildman–Crippen MR) is 81.0 cm³/mol. The first-order chi connectivity index (χ1) is 11.4. The Morgan fingerprint density at radius 1 is 1.21 bits per heavy atom. The van der Waals surface area contributed by atoms with Crippen LogP contribution in [0.25, 0.3) is 0 Å². The molecule has 2 saturated heterocycles. The molecule has 0 N–H and O–H groups in total. The third-order valence-corrected chi connectivity index (χ3v) is 6.14. The highest BCUT2D eigenvalue weighted by molar-refractivity contribution is 7.89. The van der Waals surface area contributed by atoms with Crippen molar-refractivity contribution in [3.8, 4) is 0 Å². The van der Waals surface area contributed by atoms with Crippen molar-refractivity contribution in [2.45, 2.75) is 23.5 Å². The highest BCUT2D eigenvalue weighted by atomic mass is 32.2. The summed E-state index contributed by atoms with van der Waals surface area (Å²) < 4.78 is 59.2. The Balaban J connectivity index is 1.90. The minimum absolute atomic E-state index is 0.218. The average molecular weight is 360 g/mol. The molecule has 2 aliphatic rings. The number of hydrogen-bond acceptors (Lipinski definition) is 4. The largest absolute Gasteiger partial charge is 0.378 e. The Bertz CT molecular complexity index is 722. The topological polar surface area (TPSA) is 66.9 Å². The van der Waals surface area contributed by atoms with Crippen LogP contribution in [-0.2, 0) is 19.6 Å². The van der Waals surface area contributed by atoms with E-state index in [-0.39, 0.29) is 6.42 Å². The molecular formula is C15H18F2N2O4S. The zero-order valence-corrected chi connectivity index (χ0v) is 13.7. The Labute approximate surface area is 139 Å². The van der Waals surface area contributed by atoms with E-state index in [0.29, 0.717) is 26.3 Å². The molecule has 1 aromatic carbocycles. The number of carbonyl (C=O) groups is 1. The molecule has 2 aliphatic heterocycles. The normalized spacial score (nSPS) is 25.8. The van der Waals surface area contributed by atoms with Crippen LogP contribution in [0.1, 0.15) is 6.42 Å². The molecule has 0 spiro atoms. The van der Waals surface area contributed by atoms with Crippen molar-refractivity contribution in [1.29, 1.82) is 0 Å². The maximum Gasteiger partial charge on any atom is 0.246 e. The summed E-state index contributed by atoms with van der Waals surface area (Å²) in [5.74, 6) is -1.38. The van der Waals surface area contributed by atoms with Crippen molar-refractivity contribution in [2.24, 2.45) is 0 Å². The number of morpholine rings is 1. The number of rotatable bonds is 3. The summed E-state index contributed by atoms with van der Waals surface area (Å²) in [5.41, 5.74) is 0. The van der Waals surface area contributed by atoms with E-state index in [4.69, 9.17) is 4.74 Å². The Kier molecular flexibility index (Phi) is 4.84. The van der Waals surface area contributed by atoms with Crippen LogP contribution in [0.15, 0.2) is 29.2 Å². The SMILES string of the molecule is O=C([C@H]1C[C@@H](F)CN1S(=O)(=O)c1ccccc1F)N1CCOCC1. The highest BCUT2D eigenvalue weighted by Gasteiger charge is 2.46. The van der Waals surface area contributed by atoms with Gasteiger partial charge in [-0.25, -0.2) is 17.2 Å². The number of alkyl halides is 1. The zero-order valence-electron chi connectivity index (χ0n) is 12.9. The van der Waals surface area contributed by atoms with Gasteiger partial charge in [0.1, 0.15) is 22.9 Å². The summed E-state index contributed by atoms with van der Waals surface area (Å²) >= 11 is 0. The lowest BCUT2D eigenvalue weighted by molar-refractivity contribution is -0.138. The third-order valence-electron chi connectivity index (χ3n) is 4.24. The maximum atomic E-state index is 13.9. The van der Waals surface area contributed by atoms with E-state index in [1.807, 2.05) is 0 Å². The molecule has 132 valence electrons. The van der Waals surface area contributed by atoms with E-state index in [0.717, 1.165) is 16.4 Å². The van der Waals surface area contributed by atoms with Gasteiger partial charge in [0.05, 0.1) is 13.2 Å². The van der Waals surface area contributed by atoms with E-state index in [9.17, 15) is 22.0 Å². The molecule has 3 rings (SSSR count). The van der Waals surface area contributed by atoms with E-state index >= 15 is 0 Å². The van der Waals surface area contributed by atoms with Gasteiger partial charge in [-0.3, -0.25) is 4.79 Å². The monoisotopic (exact) mass is 360 g/mol. The van der Waals surface area contributed by atoms with Crippen LogP contribution >= 0.6 is 0 Å². The summed E-state index contributed by atoms with van der Waals surface area (Å²) in [4.78, 5) is 13.5. The second kappa shape index (κ2) is 6.73. The molecule has 2 heterocycles. The molecule has 1 aromatic rings. The zero-order chi connectivity index (χ0) is 17.3. The molecule has 0 radical (unpaired) electrons. The van der Waals surface area contributed by atoms with Crippen LogP contribution in [0.5, 0.6) is 0 Å². The molecule has 0 aliphatic carbocycles. The molecule has 6 nitrogen and oxygen atoms in total. The first kappa shape index (κ1) is 17.2. The number of halogens is 2. The summed E-state index contributed by atoms with van der Waals surface area (Å²) in [5, 5.41) is 0. The van der Waals surface area contributed by atoms with E-state index in [1.54, 1.807) is 0 Å². The van der Waals surface area contributed by atoms with Crippen molar-refractivity contribution in [3.05, 3.63) is 30.1 Å². The van der Waals surface area contributed by atoms with Gasteiger partial charge in [0.25, 0.3) is 0 Å². The Hall–Kier alpha value is -1.58. The van der Waals surface area contributed by atoms with Gasteiger partial charge in [-0.15, -0.1) is 0 Å². The van der Waals surface area contributed by atoms with E-state index < -0.39 is 45.4 Å². The molecule has 0 unspecified atom stereocenters. The fourth-order valence-corrected chi connectivity index (χ4v) is 4.71. The smallest absolute Gasteiger partial charge is 0.246 e. The average Bonchev–Trinajstić information content (AvgIpc) is 2.98. The molecule has 1 amide bonds. The van der Waals surface area contributed by atoms with Crippen LogP contribution in [0.2, 0.25) is 0 Å². The van der Waals surface area contributed by atoms with Gasteiger partial charge in [-0.1, -0.05) is 12.1 Å². The molecule has 2 atom stereocenters. The van der Waals surface area contributed by atoms with Crippen molar-refractivity contribution in [2.75, 3.05) is 32.8 Å². The first-order valence-corrected chi connectivity index (χ1v) is 9.12. The van der Waals surface area contributed by atoms with Crippen LogP contribution < -0.4 is 0 Å². The summed E-state index contributed by atoms with van der Waals surface area (Å²) in [7, 11) is -4.30. The van der Waals surface area contributed by atoms with Crippen molar-refractivity contribution < 1.29 is 26.7 Å². The molecule has 0 bridgehead atoms. The minimum Gasteiger partial charge on any atom is -0.378 e. The van der Waals surface area contributed by atoms with Gasteiger partial charge in [-0.2, -0.15) is 4.31 Å². The van der Waals surface area contributed by atoms with Crippen LogP contribution in [-0.4, -0.2) is 68.6 Å². The lowest BCUT2D eigenvalue weighted by Crippen LogP contribution is -2.51. The molecule has 0 aromatic heterocycles. The number of ether oxygens (including phenoxy) is 1. The van der Waals surface area contributed by atoms with Gasteiger partial charge in [0, 0.05) is 26.1 Å². The second-order valence-corrected chi connectivity index (χ2v) is 7.65.